The van der Waals surface area contributed by atoms with Crippen LogP contribution >= 0.6 is 11.3 Å². The lowest BCUT2D eigenvalue weighted by atomic mass is 10.1. The van der Waals surface area contributed by atoms with E-state index in [0.29, 0.717) is 36.6 Å². The molecule has 20 heavy (non-hydrogen) atoms. The monoisotopic (exact) mass is 290 g/mol. The number of nitrogens with zero attached hydrogens (tertiary/aromatic N) is 1. The van der Waals surface area contributed by atoms with Gasteiger partial charge in [-0.3, -0.25) is 4.79 Å². The summed E-state index contributed by atoms with van der Waals surface area (Å²) >= 11 is 1.47. The summed E-state index contributed by atoms with van der Waals surface area (Å²) in [5.41, 5.74) is 6.52. The van der Waals surface area contributed by atoms with Crippen LogP contribution in [0.5, 0.6) is 5.75 Å². The van der Waals surface area contributed by atoms with Crippen molar-refractivity contribution in [2.24, 2.45) is 5.73 Å². The third-order valence-corrected chi connectivity index (χ3v) is 3.64. The molecule has 1 aromatic heterocycles. The number of benzene rings is 1. The molecule has 0 bridgehead atoms. The summed E-state index contributed by atoms with van der Waals surface area (Å²) in [6, 6.07) is 7.28. The zero-order valence-corrected chi connectivity index (χ0v) is 12.3. The van der Waals surface area contributed by atoms with Gasteiger partial charge in [-0.05, 0) is 25.1 Å². The Hall–Kier alpha value is -1.72. The maximum atomic E-state index is 12.5. The summed E-state index contributed by atoms with van der Waals surface area (Å²) in [5.74, 6) is 0.518. The molecular formula is C15H18N2O2S. The number of rotatable bonds is 7. The molecule has 2 aromatic rings. The van der Waals surface area contributed by atoms with Crippen LogP contribution in [0.3, 0.4) is 0 Å². The highest BCUT2D eigenvalue weighted by Gasteiger charge is 2.17. The molecule has 106 valence electrons. The van der Waals surface area contributed by atoms with Crippen molar-refractivity contribution < 1.29 is 9.53 Å². The molecule has 1 aromatic carbocycles. The molecule has 0 aliphatic heterocycles. The average Bonchev–Trinajstić information content (AvgIpc) is 2.94. The van der Waals surface area contributed by atoms with E-state index in [1.54, 1.807) is 11.4 Å². The minimum absolute atomic E-state index is 0.101. The second-order valence-corrected chi connectivity index (χ2v) is 5.28. The van der Waals surface area contributed by atoms with E-state index >= 15 is 0 Å². The molecule has 0 unspecified atom stereocenters. The van der Waals surface area contributed by atoms with Gasteiger partial charge in [-0.15, -0.1) is 11.3 Å². The topological polar surface area (TPSA) is 65.2 Å². The largest absolute Gasteiger partial charge is 0.493 e. The Kier molecular flexibility index (Phi) is 5.26. The molecule has 5 heteroatoms. The molecule has 4 nitrogen and oxygen atoms in total. The fourth-order valence-corrected chi connectivity index (χ4v) is 2.58. The first-order valence-electron chi connectivity index (χ1n) is 6.67. The molecule has 0 radical (unpaired) electrons. The Balaban J connectivity index is 2.23. The summed E-state index contributed by atoms with van der Waals surface area (Å²) in [4.78, 5) is 16.8. The van der Waals surface area contributed by atoms with E-state index < -0.39 is 0 Å². The summed E-state index contributed by atoms with van der Waals surface area (Å²) < 4.78 is 5.62. The molecular weight excluding hydrogens is 272 g/mol. The minimum atomic E-state index is -0.101. The maximum Gasteiger partial charge on any atom is 0.215 e. The molecule has 0 saturated carbocycles. The molecule has 0 amide bonds. The molecule has 0 aliphatic carbocycles. The molecule has 1 heterocycles. The Bertz CT molecular complexity index is 581. The molecule has 2 N–H and O–H groups in total. The van der Waals surface area contributed by atoms with Gasteiger partial charge in [0.25, 0.3) is 0 Å². The van der Waals surface area contributed by atoms with Crippen molar-refractivity contribution in [3.05, 3.63) is 45.9 Å². The van der Waals surface area contributed by atoms with E-state index in [-0.39, 0.29) is 5.78 Å². The molecule has 0 saturated heterocycles. The van der Waals surface area contributed by atoms with Crippen molar-refractivity contribution in [1.82, 2.24) is 4.98 Å². The van der Waals surface area contributed by atoms with Gasteiger partial charge in [0.05, 0.1) is 17.2 Å². The number of nitrogens with two attached hydrogens (primary N) is 1. The molecule has 0 aliphatic rings. The van der Waals surface area contributed by atoms with Gasteiger partial charge >= 0.3 is 0 Å². The van der Waals surface area contributed by atoms with Crippen LogP contribution in [-0.4, -0.2) is 23.9 Å². The fraction of sp³-hybridized carbons (Fsp3) is 0.333. The van der Waals surface area contributed by atoms with E-state index in [1.165, 1.54) is 11.3 Å². The van der Waals surface area contributed by atoms with E-state index in [1.807, 2.05) is 25.1 Å². The number of ether oxygens (including phenoxy) is 1. The van der Waals surface area contributed by atoms with Gasteiger partial charge in [-0.1, -0.05) is 19.1 Å². The van der Waals surface area contributed by atoms with Crippen molar-refractivity contribution in [3.63, 3.8) is 0 Å². The first kappa shape index (κ1) is 14.7. The number of aromatic nitrogens is 1. The first-order valence-corrected chi connectivity index (χ1v) is 7.55. The minimum Gasteiger partial charge on any atom is -0.493 e. The SMILES string of the molecule is CCCOc1ccccc1C(=O)c1csc(CCN)n1. The summed E-state index contributed by atoms with van der Waals surface area (Å²) in [7, 11) is 0. The van der Waals surface area contributed by atoms with Crippen LogP contribution in [0, 0.1) is 0 Å². The highest BCUT2D eigenvalue weighted by Crippen LogP contribution is 2.22. The standard InChI is InChI=1S/C15H18N2O2S/c1-2-9-19-13-6-4-3-5-11(13)15(18)12-10-20-14(17-12)7-8-16/h3-6,10H,2,7-9,16H2,1H3. The molecule has 2 rings (SSSR count). The van der Waals surface area contributed by atoms with Gasteiger partial charge in [0.15, 0.2) is 0 Å². The van der Waals surface area contributed by atoms with Crippen LogP contribution in [0.1, 0.15) is 34.4 Å². The van der Waals surface area contributed by atoms with E-state index in [0.717, 1.165) is 11.4 Å². The van der Waals surface area contributed by atoms with Crippen molar-refractivity contribution in [1.29, 1.82) is 0 Å². The van der Waals surface area contributed by atoms with Crippen LogP contribution in [0.25, 0.3) is 0 Å². The maximum absolute atomic E-state index is 12.5. The highest BCUT2D eigenvalue weighted by atomic mass is 32.1. The lowest BCUT2D eigenvalue weighted by Gasteiger charge is -2.08. The Morgan fingerprint density at radius 2 is 2.20 bits per heavy atom. The van der Waals surface area contributed by atoms with Gasteiger partial charge in [0, 0.05) is 11.8 Å². The van der Waals surface area contributed by atoms with E-state index in [4.69, 9.17) is 10.5 Å². The van der Waals surface area contributed by atoms with Gasteiger partial charge < -0.3 is 10.5 Å². The molecule has 0 atom stereocenters. The van der Waals surface area contributed by atoms with Gasteiger partial charge in [-0.25, -0.2) is 4.98 Å². The zero-order chi connectivity index (χ0) is 14.4. The van der Waals surface area contributed by atoms with Gasteiger partial charge in [-0.2, -0.15) is 0 Å². The summed E-state index contributed by atoms with van der Waals surface area (Å²) in [6.45, 7) is 3.17. The van der Waals surface area contributed by atoms with Crippen LogP contribution in [-0.2, 0) is 6.42 Å². The van der Waals surface area contributed by atoms with Crippen LogP contribution in [0.15, 0.2) is 29.6 Å². The number of para-hydroxylation sites is 1. The van der Waals surface area contributed by atoms with E-state index in [9.17, 15) is 4.79 Å². The zero-order valence-electron chi connectivity index (χ0n) is 11.5. The predicted molar refractivity (Wildman–Crippen MR) is 80.5 cm³/mol. The number of ketones is 1. The fourth-order valence-electron chi connectivity index (χ4n) is 1.78. The number of carbonyl (C=O) groups is 1. The van der Waals surface area contributed by atoms with Gasteiger partial charge in [0.1, 0.15) is 11.4 Å². The normalized spacial score (nSPS) is 10.5. The lowest BCUT2D eigenvalue weighted by molar-refractivity contribution is 0.103. The quantitative estimate of drug-likeness (QED) is 0.796. The van der Waals surface area contributed by atoms with Crippen molar-refractivity contribution in [2.75, 3.05) is 13.2 Å². The van der Waals surface area contributed by atoms with Crippen LogP contribution in [0.2, 0.25) is 0 Å². The number of hydrogen-bond acceptors (Lipinski definition) is 5. The number of thiazole rings is 1. The first-order chi connectivity index (χ1) is 9.76. The number of hydrogen-bond donors (Lipinski definition) is 1. The van der Waals surface area contributed by atoms with Crippen molar-refractivity contribution in [3.8, 4) is 5.75 Å². The lowest BCUT2D eigenvalue weighted by Crippen LogP contribution is -2.07. The van der Waals surface area contributed by atoms with Gasteiger partial charge in [0.2, 0.25) is 5.78 Å². The highest BCUT2D eigenvalue weighted by molar-refractivity contribution is 7.09. The van der Waals surface area contributed by atoms with Crippen LogP contribution < -0.4 is 10.5 Å². The van der Waals surface area contributed by atoms with Crippen molar-refractivity contribution >= 4 is 17.1 Å². The molecule has 0 fully saturated rings. The second-order valence-electron chi connectivity index (χ2n) is 4.34. The number of carbonyl (C=O) groups excluding carboxylic acids is 1. The van der Waals surface area contributed by atoms with Crippen LogP contribution in [0.4, 0.5) is 0 Å². The van der Waals surface area contributed by atoms with Crippen molar-refractivity contribution in [2.45, 2.75) is 19.8 Å². The van der Waals surface area contributed by atoms with E-state index in [2.05, 4.69) is 4.98 Å². The average molecular weight is 290 g/mol. The smallest absolute Gasteiger partial charge is 0.215 e. The second kappa shape index (κ2) is 7.17. The third-order valence-electron chi connectivity index (χ3n) is 2.74. The molecule has 0 spiro atoms. The Labute approximate surface area is 122 Å². The Morgan fingerprint density at radius 3 is 2.95 bits per heavy atom. The third kappa shape index (κ3) is 3.43. The Morgan fingerprint density at radius 1 is 1.40 bits per heavy atom. The summed E-state index contributed by atoms with van der Waals surface area (Å²) in [5, 5.41) is 2.67. The summed E-state index contributed by atoms with van der Waals surface area (Å²) in [6.07, 6.45) is 1.60. The predicted octanol–water partition coefficient (Wildman–Crippen LogP) is 2.66.